The predicted octanol–water partition coefficient (Wildman–Crippen LogP) is 3.66. The van der Waals surface area contributed by atoms with Crippen LogP contribution in [0.25, 0.3) is 0 Å². The molecule has 0 aliphatic carbocycles. The minimum atomic E-state index is -3.36. The highest BCUT2D eigenvalue weighted by atomic mass is 32.2. The van der Waals surface area contributed by atoms with Crippen LogP contribution < -0.4 is 4.74 Å². The fraction of sp³-hybridized carbons (Fsp3) is 0.333. The van der Waals surface area contributed by atoms with Gasteiger partial charge in [0, 0.05) is 36.0 Å². The summed E-state index contributed by atoms with van der Waals surface area (Å²) in [5, 5.41) is 2.05. The monoisotopic (exact) mass is 423 g/mol. The van der Waals surface area contributed by atoms with Crippen molar-refractivity contribution in [1.29, 1.82) is 0 Å². The van der Waals surface area contributed by atoms with E-state index in [2.05, 4.69) is 9.97 Å². The summed E-state index contributed by atoms with van der Waals surface area (Å²) in [5.74, 6) is 1.78. The fourth-order valence-electron chi connectivity index (χ4n) is 2.60. The van der Waals surface area contributed by atoms with Crippen LogP contribution in [0, 0.1) is 6.92 Å². The van der Waals surface area contributed by atoms with E-state index in [1.54, 1.807) is 33.9 Å². The summed E-state index contributed by atoms with van der Waals surface area (Å²) in [6.07, 6.45) is 7.09. The minimum Gasteiger partial charge on any atom is -0.493 e. The fourth-order valence-corrected chi connectivity index (χ4v) is 5.02. The standard InChI is InChI=1S/C18H21N3O3S3/c1-14-15(13-21-9-7-19-17(21)27(2,22)23)5-3-6-16(14)24-10-4-11-25-18-20-8-12-26-18/h3,5-9,12H,4,10-11,13H2,1-2H3. The van der Waals surface area contributed by atoms with Crippen LogP contribution in [-0.2, 0) is 16.4 Å². The number of imidazole rings is 1. The lowest BCUT2D eigenvalue weighted by Gasteiger charge is -2.14. The number of thiazole rings is 1. The van der Waals surface area contributed by atoms with Crippen molar-refractivity contribution in [3.8, 4) is 5.75 Å². The van der Waals surface area contributed by atoms with Crippen molar-refractivity contribution in [3.05, 3.63) is 53.3 Å². The Morgan fingerprint density at radius 2 is 2.11 bits per heavy atom. The van der Waals surface area contributed by atoms with Crippen LogP contribution in [0.5, 0.6) is 5.75 Å². The zero-order valence-electron chi connectivity index (χ0n) is 15.2. The van der Waals surface area contributed by atoms with Gasteiger partial charge in [-0.2, -0.15) is 0 Å². The Morgan fingerprint density at radius 1 is 1.26 bits per heavy atom. The smallest absolute Gasteiger partial charge is 0.227 e. The molecule has 0 fully saturated rings. The van der Waals surface area contributed by atoms with Crippen LogP contribution >= 0.6 is 23.1 Å². The summed E-state index contributed by atoms with van der Waals surface area (Å²) < 4.78 is 32.3. The summed E-state index contributed by atoms with van der Waals surface area (Å²) >= 11 is 3.38. The molecule has 0 bridgehead atoms. The van der Waals surface area contributed by atoms with E-state index in [0.29, 0.717) is 13.2 Å². The van der Waals surface area contributed by atoms with Crippen LogP contribution in [0.15, 0.2) is 51.7 Å². The number of thioether (sulfide) groups is 1. The number of ether oxygens (including phenoxy) is 1. The Kier molecular flexibility index (Phi) is 6.56. The van der Waals surface area contributed by atoms with Gasteiger partial charge in [0.05, 0.1) is 13.2 Å². The van der Waals surface area contributed by atoms with Crippen molar-refractivity contribution in [2.45, 2.75) is 29.4 Å². The highest BCUT2D eigenvalue weighted by Gasteiger charge is 2.15. The van der Waals surface area contributed by atoms with Crippen LogP contribution in [0.2, 0.25) is 0 Å². The Balaban J connectivity index is 1.60. The number of rotatable bonds is 9. The second-order valence-electron chi connectivity index (χ2n) is 6.00. The molecule has 144 valence electrons. The third kappa shape index (κ3) is 5.33. The molecule has 2 heterocycles. The first-order chi connectivity index (χ1) is 12.9. The molecule has 27 heavy (non-hydrogen) atoms. The maximum atomic E-state index is 11.8. The molecule has 0 amide bonds. The van der Waals surface area contributed by atoms with Crippen molar-refractivity contribution >= 4 is 32.9 Å². The average molecular weight is 424 g/mol. The first-order valence-electron chi connectivity index (χ1n) is 8.40. The third-order valence-electron chi connectivity index (χ3n) is 3.93. The highest BCUT2D eigenvalue weighted by molar-refractivity contribution is 8.01. The topological polar surface area (TPSA) is 74.1 Å². The van der Waals surface area contributed by atoms with E-state index >= 15 is 0 Å². The van der Waals surface area contributed by atoms with E-state index in [4.69, 9.17) is 4.74 Å². The van der Waals surface area contributed by atoms with Crippen molar-refractivity contribution in [3.63, 3.8) is 0 Å². The van der Waals surface area contributed by atoms with Gasteiger partial charge in [0.15, 0.2) is 0 Å². The molecule has 0 aliphatic heterocycles. The largest absolute Gasteiger partial charge is 0.493 e. The Morgan fingerprint density at radius 3 is 2.85 bits per heavy atom. The molecular weight excluding hydrogens is 402 g/mol. The third-order valence-corrected chi connectivity index (χ3v) is 6.98. The van der Waals surface area contributed by atoms with Gasteiger partial charge < -0.3 is 9.30 Å². The van der Waals surface area contributed by atoms with Gasteiger partial charge in [0.25, 0.3) is 0 Å². The van der Waals surface area contributed by atoms with Crippen LogP contribution in [0.4, 0.5) is 0 Å². The van der Waals surface area contributed by atoms with Crippen molar-refractivity contribution < 1.29 is 13.2 Å². The maximum absolute atomic E-state index is 11.8. The molecule has 0 N–H and O–H groups in total. The Labute approximate surface area is 167 Å². The van der Waals surface area contributed by atoms with Crippen molar-refractivity contribution in [2.75, 3.05) is 18.6 Å². The molecule has 0 unspecified atom stereocenters. The summed E-state index contributed by atoms with van der Waals surface area (Å²) in [5.41, 5.74) is 2.02. The maximum Gasteiger partial charge on any atom is 0.227 e. The van der Waals surface area contributed by atoms with E-state index in [-0.39, 0.29) is 5.16 Å². The molecule has 3 aromatic rings. The molecule has 0 saturated carbocycles. The summed E-state index contributed by atoms with van der Waals surface area (Å²) in [6.45, 7) is 3.06. The van der Waals surface area contributed by atoms with E-state index < -0.39 is 9.84 Å². The summed E-state index contributed by atoms with van der Waals surface area (Å²) in [6, 6.07) is 5.85. The number of hydrogen-bond donors (Lipinski definition) is 0. The Hall–Kier alpha value is -1.84. The molecule has 0 spiro atoms. The minimum absolute atomic E-state index is 0.0763. The molecule has 0 aliphatic rings. The average Bonchev–Trinajstić information content (AvgIpc) is 3.29. The second-order valence-corrected chi connectivity index (χ2v) is 10.1. The van der Waals surface area contributed by atoms with Gasteiger partial charge in [0.1, 0.15) is 10.1 Å². The molecular formula is C18H21N3O3S3. The van der Waals surface area contributed by atoms with Crippen LogP contribution in [0.1, 0.15) is 17.5 Å². The SMILES string of the molecule is Cc1c(Cn2ccnc2S(C)(=O)=O)cccc1OCCCSc1nccs1. The quantitative estimate of drug-likeness (QED) is 0.386. The van der Waals surface area contributed by atoms with Crippen LogP contribution in [-0.4, -0.2) is 41.6 Å². The molecule has 2 aromatic heterocycles. The van der Waals surface area contributed by atoms with Gasteiger partial charge in [-0.3, -0.25) is 0 Å². The van der Waals surface area contributed by atoms with Gasteiger partial charge >= 0.3 is 0 Å². The lowest BCUT2D eigenvalue weighted by molar-refractivity contribution is 0.316. The first-order valence-corrected chi connectivity index (χ1v) is 12.2. The van der Waals surface area contributed by atoms with Gasteiger partial charge in [-0.1, -0.05) is 23.9 Å². The first kappa shape index (κ1) is 19.9. The van der Waals surface area contributed by atoms with Crippen LogP contribution in [0.3, 0.4) is 0 Å². The number of sulfone groups is 1. The number of benzene rings is 1. The molecule has 6 nitrogen and oxygen atoms in total. The molecule has 9 heteroatoms. The van der Waals surface area contributed by atoms with Gasteiger partial charge in [-0.15, -0.1) is 11.3 Å². The van der Waals surface area contributed by atoms with Gasteiger partial charge in [0.2, 0.25) is 15.0 Å². The lowest BCUT2D eigenvalue weighted by atomic mass is 10.1. The molecule has 0 radical (unpaired) electrons. The van der Waals surface area contributed by atoms with E-state index in [1.165, 1.54) is 12.5 Å². The van der Waals surface area contributed by atoms with E-state index in [0.717, 1.165) is 33.4 Å². The zero-order valence-corrected chi connectivity index (χ0v) is 17.6. The van der Waals surface area contributed by atoms with E-state index in [9.17, 15) is 8.42 Å². The van der Waals surface area contributed by atoms with Crippen molar-refractivity contribution in [1.82, 2.24) is 14.5 Å². The highest BCUT2D eigenvalue weighted by Crippen LogP contribution is 2.24. The summed E-state index contributed by atoms with van der Waals surface area (Å²) in [7, 11) is -3.36. The number of aromatic nitrogens is 3. The number of hydrogen-bond acceptors (Lipinski definition) is 7. The molecule has 0 atom stereocenters. The van der Waals surface area contributed by atoms with Gasteiger partial charge in [-0.25, -0.2) is 18.4 Å². The molecule has 3 rings (SSSR count). The number of nitrogens with zero attached hydrogens (tertiary/aromatic N) is 3. The Bertz CT molecular complexity index is 982. The van der Waals surface area contributed by atoms with E-state index in [1.807, 2.05) is 36.7 Å². The lowest BCUT2D eigenvalue weighted by Crippen LogP contribution is -2.11. The molecule has 0 saturated heterocycles. The zero-order chi connectivity index (χ0) is 19.3. The van der Waals surface area contributed by atoms with Crippen molar-refractivity contribution in [2.24, 2.45) is 0 Å². The molecule has 1 aromatic carbocycles. The predicted molar refractivity (Wildman–Crippen MR) is 109 cm³/mol. The van der Waals surface area contributed by atoms with Gasteiger partial charge in [-0.05, 0) is 30.5 Å². The summed E-state index contributed by atoms with van der Waals surface area (Å²) in [4.78, 5) is 8.21. The normalized spacial score (nSPS) is 11.6. The second kappa shape index (κ2) is 8.90.